The van der Waals surface area contributed by atoms with Crippen molar-refractivity contribution in [2.45, 2.75) is 39.2 Å². The van der Waals surface area contributed by atoms with Gasteiger partial charge in [0.2, 0.25) is 0 Å². The number of nitrogens with one attached hydrogen (secondary N) is 1. The number of nitrogen functional groups attached to an aromatic ring is 1. The highest BCUT2D eigenvalue weighted by Crippen LogP contribution is 2.28. The van der Waals surface area contributed by atoms with Crippen LogP contribution in [0.4, 0.5) is 5.13 Å². The second-order valence-electron chi connectivity index (χ2n) is 5.69. The van der Waals surface area contributed by atoms with Crippen molar-refractivity contribution in [1.29, 1.82) is 0 Å². The monoisotopic (exact) mass is 336 g/mol. The van der Waals surface area contributed by atoms with Crippen LogP contribution in [0.3, 0.4) is 0 Å². The molecule has 3 heterocycles. The molecule has 0 spiro atoms. The van der Waals surface area contributed by atoms with E-state index in [4.69, 9.17) is 5.73 Å². The number of carbonyl (C=O) groups excluding carboxylic acids is 1. The number of piperidine rings is 1. The molecule has 2 aromatic heterocycles. The molecule has 0 aromatic carbocycles. The molecule has 1 atom stereocenters. The Balaban J connectivity index is 1.82. The van der Waals surface area contributed by atoms with Crippen molar-refractivity contribution in [3.8, 4) is 0 Å². The van der Waals surface area contributed by atoms with Gasteiger partial charge in [-0.1, -0.05) is 11.3 Å². The van der Waals surface area contributed by atoms with E-state index >= 15 is 0 Å². The molecule has 0 bridgehead atoms. The Kier molecular flexibility index (Phi) is 4.20. The van der Waals surface area contributed by atoms with Gasteiger partial charge in [0, 0.05) is 25.6 Å². The van der Waals surface area contributed by atoms with E-state index in [1.165, 1.54) is 11.3 Å². The van der Waals surface area contributed by atoms with E-state index < -0.39 is 0 Å². The Morgan fingerprint density at radius 1 is 1.52 bits per heavy atom. The number of anilines is 1. The first-order valence-electron chi connectivity index (χ1n) is 7.68. The maximum absolute atomic E-state index is 12.7. The lowest BCUT2D eigenvalue weighted by Crippen LogP contribution is -2.40. The molecule has 3 rings (SSSR count). The molecular weight excluding hydrogens is 316 g/mol. The fraction of sp³-hybridized carbons (Fsp3) is 0.571. The van der Waals surface area contributed by atoms with E-state index in [1.54, 1.807) is 11.5 Å². The predicted octanol–water partition coefficient (Wildman–Crippen LogP) is 0.958. The van der Waals surface area contributed by atoms with Gasteiger partial charge in [0.05, 0.1) is 5.69 Å². The summed E-state index contributed by atoms with van der Waals surface area (Å²) >= 11 is 1.22. The number of thiazole rings is 1. The van der Waals surface area contributed by atoms with Crippen molar-refractivity contribution in [2.24, 2.45) is 0 Å². The zero-order chi connectivity index (χ0) is 16.6. The molecule has 1 saturated heterocycles. The van der Waals surface area contributed by atoms with E-state index in [-0.39, 0.29) is 17.5 Å². The maximum Gasteiger partial charge on any atom is 0.343 e. The van der Waals surface area contributed by atoms with Gasteiger partial charge in [-0.3, -0.25) is 9.36 Å². The number of amides is 1. The molecule has 0 aliphatic carbocycles. The Morgan fingerprint density at radius 3 is 2.96 bits per heavy atom. The minimum atomic E-state index is -0.197. The predicted molar refractivity (Wildman–Crippen MR) is 87.7 cm³/mol. The fourth-order valence-electron chi connectivity index (χ4n) is 3.08. The summed E-state index contributed by atoms with van der Waals surface area (Å²) in [4.78, 5) is 31.0. The average Bonchev–Trinajstić information content (AvgIpc) is 3.08. The highest BCUT2D eigenvalue weighted by atomic mass is 32.1. The number of carbonyl (C=O) groups is 1. The van der Waals surface area contributed by atoms with Crippen molar-refractivity contribution >= 4 is 22.4 Å². The van der Waals surface area contributed by atoms with Crippen LogP contribution in [0.1, 0.15) is 46.9 Å². The van der Waals surface area contributed by atoms with Gasteiger partial charge in [0.15, 0.2) is 5.13 Å². The molecular formula is C14H20N6O2S. The van der Waals surface area contributed by atoms with Crippen molar-refractivity contribution in [1.82, 2.24) is 24.6 Å². The number of hydrogen-bond acceptors (Lipinski definition) is 6. The fourth-order valence-corrected chi connectivity index (χ4v) is 3.88. The van der Waals surface area contributed by atoms with Gasteiger partial charge >= 0.3 is 5.69 Å². The molecule has 0 unspecified atom stereocenters. The van der Waals surface area contributed by atoms with Gasteiger partial charge in [-0.05, 0) is 26.7 Å². The number of nitrogens with two attached hydrogens (primary N) is 1. The van der Waals surface area contributed by atoms with Crippen molar-refractivity contribution in [2.75, 3.05) is 18.8 Å². The van der Waals surface area contributed by atoms with Gasteiger partial charge in [0.1, 0.15) is 10.7 Å². The van der Waals surface area contributed by atoms with Crippen LogP contribution in [0, 0.1) is 6.92 Å². The second-order valence-corrected chi connectivity index (χ2v) is 6.72. The minimum Gasteiger partial charge on any atom is -0.375 e. The lowest BCUT2D eigenvalue weighted by atomic mass is 9.97. The molecule has 0 saturated carbocycles. The summed E-state index contributed by atoms with van der Waals surface area (Å²) in [5.41, 5.74) is 6.16. The van der Waals surface area contributed by atoms with Crippen LogP contribution < -0.4 is 11.4 Å². The summed E-state index contributed by atoms with van der Waals surface area (Å²) in [6.45, 7) is 5.53. The van der Waals surface area contributed by atoms with E-state index in [9.17, 15) is 9.59 Å². The molecule has 8 nitrogen and oxygen atoms in total. The number of H-pyrrole nitrogens is 1. The summed E-state index contributed by atoms with van der Waals surface area (Å²) in [6, 6.07) is 0. The Labute approximate surface area is 137 Å². The van der Waals surface area contributed by atoms with Crippen LogP contribution >= 0.6 is 11.3 Å². The highest BCUT2D eigenvalue weighted by molar-refractivity contribution is 7.17. The lowest BCUT2D eigenvalue weighted by molar-refractivity contribution is 0.0707. The van der Waals surface area contributed by atoms with Crippen LogP contribution in [0.15, 0.2) is 4.79 Å². The zero-order valence-electron chi connectivity index (χ0n) is 13.2. The van der Waals surface area contributed by atoms with E-state index in [2.05, 4.69) is 15.2 Å². The molecule has 23 heavy (non-hydrogen) atoms. The van der Waals surface area contributed by atoms with Crippen molar-refractivity contribution < 1.29 is 4.79 Å². The first kappa shape index (κ1) is 15.7. The van der Waals surface area contributed by atoms with E-state index in [1.807, 2.05) is 11.8 Å². The quantitative estimate of drug-likeness (QED) is 0.867. The lowest BCUT2D eigenvalue weighted by Gasteiger charge is -2.32. The summed E-state index contributed by atoms with van der Waals surface area (Å²) in [5, 5.41) is 7.07. The molecule has 1 fully saturated rings. The largest absolute Gasteiger partial charge is 0.375 e. The minimum absolute atomic E-state index is 0.0395. The van der Waals surface area contributed by atoms with Crippen LogP contribution in [0.2, 0.25) is 0 Å². The molecule has 0 radical (unpaired) electrons. The molecule has 2 aromatic rings. The third-order valence-electron chi connectivity index (χ3n) is 4.19. The smallest absolute Gasteiger partial charge is 0.343 e. The van der Waals surface area contributed by atoms with Gasteiger partial charge in [0.25, 0.3) is 5.91 Å². The molecule has 9 heteroatoms. The third kappa shape index (κ3) is 2.88. The molecule has 124 valence electrons. The average molecular weight is 336 g/mol. The summed E-state index contributed by atoms with van der Waals surface area (Å²) in [6.07, 6.45) is 1.80. The molecule has 1 aliphatic heterocycles. The van der Waals surface area contributed by atoms with Gasteiger partial charge in [-0.2, -0.15) is 5.10 Å². The van der Waals surface area contributed by atoms with Gasteiger partial charge in [-0.15, -0.1) is 0 Å². The Hall–Kier alpha value is -2.16. The van der Waals surface area contributed by atoms with Gasteiger partial charge in [-0.25, -0.2) is 14.9 Å². The highest BCUT2D eigenvalue weighted by Gasteiger charge is 2.30. The Morgan fingerprint density at radius 2 is 2.30 bits per heavy atom. The third-order valence-corrected chi connectivity index (χ3v) is 5.16. The Bertz CT molecular complexity index is 777. The summed E-state index contributed by atoms with van der Waals surface area (Å²) < 4.78 is 1.63. The topological polar surface area (TPSA) is 110 Å². The number of aromatic nitrogens is 4. The van der Waals surface area contributed by atoms with Crippen LogP contribution in [-0.2, 0) is 6.54 Å². The van der Waals surface area contributed by atoms with E-state index in [0.29, 0.717) is 35.3 Å². The van der Waals surface area contributed by atoms with Crippen molar-refractivity contribution in [3.05, 3.63) is 26.9 Å². The number of hydrogen-bond donors (Lipinski definition) is 2. The number of likely N-dealkylation sites (tertiary alicyclic amines) is 1. The molecule has 1 aliphatic rings. The summed E-state index contributed by atoms with van der Waals surface area (Å²) in [7, 11) is 0. The summed E-state index contributed by atoms with van der Waals surface area (Å²) in [5.74, 6) is 0.759. The number of aromatic amines is 1. The normalized spacial score (nSPS) is 18.3. The second kappa shape index (κ2) is 6.15. The molecule has 3 N–H and O–H groups in total. The van der Waals surface area contributed by atoms with Gasteiger partial charge < -0.3 is 10.6 Å². The van der Waals surface area contributed by atoms with Crippen molar-refractivity contribution in [3.63, 3.8) is 0 Å². The van der Waals surface area contributed by atoms with Crippen LogP contribution in [-0.4, -0.2) is 43.6 Å². The number of rotatable bonds is 3. The first-order valence-corrected chi connectivity index (χ1v) is 8.50. The maximum atomic E-state index is 12.7. The van der Waals surface area contributed by atoms with Crippen LogP contribution in [0.25, 0.3) is 0 Å². The SMILES string of the molecule is CCn1c([C@H]2CCCN(C(=O)c3sc(N)nc3C)C2)n[nH]c1=O. The van der Waals surface area contributed by atoms with Crippen LogP contribution in [0.5, 0.6) is 0 Å². The number of aryl methyl sites for hydroxylation is 1. The van der Waals surface area contributed by atoms with E-state index in [0.717, 1.165) is 18.7 Å². The standard InChI is InChI=1S/C14H20N6O2S/c1-3-20-11(17-18-14(20)22)9-5-4-6-19(7-9)12(21)10-8(2)16-13(15)23-10/h9H,3-7H2,1-2H3,(H2,15,16)(H,18,22)/t9-/m0/s1. The first-order chi connectivity index (χ1) is 11.0. The number of nitrogens with zero attached hydrogens (tertiary/aromatic N) is 4. The molecule has 1 amide bonds. The zero-order valence-corrected chi connectivity index (χ0v) is 14.0.